The summed E-state index contributed by atoms with van der Waals surface area (Å²) in [7, 11) is 0. The van der Waals surface area contributed by atoms with E-state index in [9.17, 15) is 5.11 Å². The largest absolute Gasteiger partial charge is 0.396 e. The number of hydrogen-bond acceptors (Lipinski definition) is 3. The first-order valence-corrected chi connectivity index (χ1v) is 10.1. The molecule has 4 nitrogen and oxygen atoms in total. The van der Waals surface area contributed by atoms with E-state index in [4.69, 9.17) is 0 Å². The first-order valence-electron chi connectivity index (χ1n) is 10.1. The zero-order valence-corrected chi connectivity index (χ0v) is 15.0. The maximum absolute atomic E-state index is 10.1. The standard InChI is InChI=1S/C20H33N3O/c24-15-20(11-17-7-8-17)9-4-10-22(14-20)13-19-12-21-16-23(19)18-5-2-1-3-6-18/h12,16-18,24H,1-11,13-15H2/t20-/m0/s1. The third-order valence-corrected chi connectivity index (χ3v) is 6.59. The Kier molecular flexibility index (Phi) is 4.95. The molecule has 1 atom stereocenters. The van der Waals surface area contributed by atoms with Crippen LogP contribution in [0.4, 0.5) is 0 Å². The third kappa shape index (κ3) is 3.70. The van der Waals surface area contributed by atoms with Crippen LogP contribution in [0.1, 0.15) is 75.9 Å². The van der Waals surface area contributed by atoms with Gasteiger partial charge in [0.2, 0.25) is 0 Å². The number of piperidine rings is 1. The Morgan fingerprint density at radius 2 is 1.96 bits per heavy atom. The molecule has 2 saturated carbocycles. The highest BCUT2D eigenvalue weighted by molar-refractivity contribution is 5.02. The van der Waals surface area contributed by atoms with Crippen molar-refractivity contribution in [2.24, 2.45) is 11.3 Å². The molecule has 134 valence electrons. The van der Waals surface area contributed by atoms with Crippen LogP contribution in [0.2, 0.25) is 0 Å². The average molecular weight is 332 g/mol. The molecule has 24 heavy (non-hydrogen) atoms. The summed E-state index contributed by atoms with van der Waals surface area (Å²) >= 11 is 0. The number of aliphatic hydroxyl groups is 1. The summed E-state index contributed by atoms with van der Waals surface area (Å²) in [5.41, 5.74) is 1.54. The molecule has 0 spiro atoms. The lowest BCUT2D eigenvalue weighted by Gasteiger charge is -2.42. The number of rotatable bonds is 6. The van der Waals surface area contributed by atoms with Crippen LogP contribution < -0.4 is 0 Å². The van der Waals surface area contributed by atoms with Gasteiger partial charge in [-0.1, -0.05) is 32.1 Å². The maximum Gasteiger partial charge on any atom is 0.0951 e. The number of nitrogens with zero attached hydrogens (tertiary/aromatic N) is 3. The van der Waals surface area contributed by atoms with Gasteiger partial charge in [0, 0.05) is 37.4 Å². The quantitative estimate of drug-likeness (QED) is 0.863. The van der Waals surface area contributed by atoms with Gasteiger partial charge in [-0.2, -0.15) is 0 Å². The van der Waals surface area contributed by atoms with Crippen molar-refractivity contribution in [3.8, 4) is 0 Å². The van der Waals surface area contributed by atoms with E-state index in [1.165, 1.54) is 76.4 Å². The topological polar surface area (TPSA) is 41.3 Å². The van der Waals surface area contributed by atoms with Crippen molar-refractivity contribution in [3.05, 3.63) is 18.2 Å². The minimum atomic E-state index is 0.162. The molecule has 1 N–H and O–H groups in total. The van der Waals surface area contributed by atoms with E-state index in [2.05, 4.69) is 27.0 Å². The number of aromatic nitrogens is 2. The molecule has 1 saturated heterocycles. The highest BCUT2D eigenvalue weighted by atomic mass is 16.3. The summed E-state index contributed by atoms with van der Waals surface area (Å²) in [6, 6.07) is 0.662. The van der Waals surface area contributed by atoms with E-state index in [0.717, 1.165) is 19.0 Å². The Bertz CT molecular complexity index is 533. The summed E-state index contributed by atoms with van der Waals surface area (Å²) in [4.78, 5) is 7.05. The molecule has 0 amide bonds. The van der Waals surface area contributed by atoms with Crippen LogP contribution in [-0.4, -0.2) is 39.3 Å². The van der Waals surface area contributed by atoms with Gasteiger partial charge in [0.05, 0.1) is 12.0 Å². The lowest BCUT2D eigenvalue weighted by atomic mass is 9.76. The summed E-state index contributed by atoms with van der Waals surface area (Å²) in [5.74, 6) is 0.893. The normalized spacial score (nSPS) is 29.9. The summed E-state index contributed by atoms with van der Waals surface area (Å²) in [6.07, 6.45) is 17.3. The fourth-order valence-electron chi connectivity index (χ4n) is 5.11. The molecular weight excluding hydrogens is 298 g/mol. The Morgan fingerprint density at radius 3 is 2.71 bits per heavy atom. The van der Waals surface area contributed by atoms with Gasteiger partial charge >= 0.3 is 0 Å². The zero-order chi connectivity index (χ0) is 16.4. The predicted octanol–water partition coefficient (Wildman–Crippen LogP) is 3.76. The molecular formula is C20H33N3O. The zero-order valence-electron chi connectivity index (χ0n) is 15.0. The van der Waals surface area contributed by atoms with Crippen LogP contribution in [0.15, 0.2) is 12.5 Å². The molecule has 1 aliphatic heterocycles. The van der Waals surface area contributed by atoms with E-state index >= 15 is 0 Å². The lowest BCUT2D eigenvalue weighted by molar-refractivity contribution is 0.0169. The van der Waals surface area contributed by atoms with Crippen LogP contribution in [0.25, 0.3) is 0 Å². The second-order valence-electron chi connectivity index (χ2n) is 8.70. The van der Waals surface area contributed by atoms with Crippen molar-refractivity contribution < 1.29 is 5.11 Å². The monoisotopic (exact) mass is 331 g/mol. The van der Waals surface area contributed by atoms with Crippen LogP contribution in [0, 0.1) is 11.3 Å². The van der Waals surface area contributed by atoms with E-state index in [-0.39, 0.29) is 5.41 Å². The van der Waals surface area contributed by atoms with Crippen LogP contribution in [0.5, 0.6) is 0 Å². The number of hydrogen-bond donors (Lipinski definition) is 1. The molecule has 2 heterocycles. The third-order valence-electron chi connectivity index (χ3n) is 6.59. The van der Waals surface area contributed by atoms with Crippen LogP contribution >= 0.6 is 0 Å². The number of imidazole rings is 1. The van der Waals surface area contributed by atoms with Crippen molar-refractivity contribution in [2.45, 2.75) is 76.8 Å². The van der Waals surface area contributed by atoms with Gasteiger partial charge in [-0.05, 0) is 44.6 Å². The minimum Gasteiger partial charge on any atom is -0.396 e. The Hall–Kier alpha value is -0.870. The van der Waals surface area contributed by atoms with Gasteiger partial charge in [-0.15, -0.1) is 0 Å². The Balaban J connectivity index is 1.42. The van der Waals surface area contributed by atoms with E-state index in [0.29, 0.717) is 12.6 Å². The molecule has 0 aromatic carbocycles. The fraction of sp³-hybridized carbons (Fsp3) is 0.850. The summed E-state index contributed by atoms with van der Waals surface area (Å²) < 4.78 is 2.45. The Labute approximate surface area is 146 Å². The first-order chi connectivity index (χ1) is 11.8. The second-order valence-corrected chi connectivity index (χ2v) is 8.70. The van der Waals surface area contributed by atoms with E-state index in [1.54, 1.807) is 0 Å². The van der Waals surface area contributed by atoms with Gasteiger partial charge in [0.15, 0.2) is 0 Å². The van der Waals surface area contributed by atoms with Gasteiger partial charge < -0.3 is 9.67 Å². The summed E-state index contributed by atoms with van der Waals surface area (Å²) in [5, 5.41) is 10.1. The molecule has 0 unspecified atom stereocenters. The molecule has 1 aromatic heterocycles. The molecule has 4 rings (SSSR count). The lowest BCUT2D eigenvalue weighted by Crippen LogP contribution is -2.45. The van der Waals surface area contributed by atoms with E-state index in [1.807, 2.05) is 0 Å². The van der Waals surface area contributed by atoms with Crippen molar-refractivity contribution in [1.29, 1.82) is 0 Å². The van der Waals surface area contributed by atoms with E-state index < -0.39 is 0 Å². The van der Waals surface area contributed by atoms with Crippen molar-refractivity contribution in [1.82, 2.24) is 14.5 Å². The van der Waals surface area contributed by atoms with Gasteiger partial charge in [-0.25, -0.2) is 4.98 Å². The molecule has 0 radical (unpaired) electrons. The fourth-order valence-corrected chi connectivity index (χ4v) is 5.11. The molecule has 0 bridgehead atoms. The van der Waals surface area contributed by atoms with Crippen LogP contribution in [-0.2, 0) is 6.54 Å². The van der Waals surface area contributed by atoms with Gasteiger partial charge in [0.1, 0.15) is 0 Å². The maximum atomic E-state index is 10.1. The van der Waals surface area contributed by atoms with Gasteiger partial charge in [-0.3, -0.25) is 4.90 Å². The van der Waals surface area contributed by atoms with Crippen LogP contribution in [0.3, 0.4) is 0 Å². The average Bonchev–Trinajstić information content (AvgIpc) is 3.31. The highest BCUT2D eigenvalue weighted by Gasteiger charge is 2.39. The number of likely N-dealkylation sites (tertiary alicyclic amines) is 1. The minimum absolute atomic E-state index is 0.162. The molecule has 3 aliphatic rings. The van der Waals surface area contributed by atoms with Gasteiger partial charge in [0.25, 0.3) is 0 Å². The molecule has 2 aliphatic carbocycles. The Morgan fingerprint density at radius 1 is 1.12 bits per heavy atom. The molecule has 1 aromatic rings. The van der Waals surface area contributed by atoms with Crippen molar-refractivity contribution in [2.75, 3.05) is 19.7 Å². The number of aliphatic hydroxyl groups excluding tert-OH is 1. The SMILES string of the molecule is OC[C@]1(CC2CC2)CCCN(Cc2cncn2C2CCCCC2)C1. The molecule has 3 fully saturated rings. The summed E-state index contributed by atoms with van der Waals surface area (Å²) in [6.45, 7) is 3.60. The van der Waals surface area contributed by atoms with Crippen molar-refractivity contribution >= 4 is 0 Å². The van der Waals surface area contributed by atoms with Crippen molar-refractivity contribution in [3.63, 3.8) is 0 Å². The highest BCUT2D eigenvalue weighted by Crippen LogP contribution is 2.44. The molecule has 4 heteroatoms. The first kappa shape index (κ1) is 16.6. The second kappa shape index (κ2) is 7.17. The predicted molar refractivity (Wildman–Crippen MR) is 95.7 cm³/mol. The smallest absolute Gasteiger partial charge is 0.0951 e.